The Bertz CT molecular complexity index is 203. The molecule has 0 spiro atoms. The van der Waals surface area contributed by atoms with E-state index in [2.05, 4.69) is 43.6 Å². The van der Waals surface area contributed by atoms with Crippen LogP contribution in [0.1, 0.15) is 53.4 Å². The van der Waals surface area contributed by atoms with Crippen LogP contribution in [0.4, 0.5) is 0 Å². The molecule has 0 radical (unpaired) electrons. The molecule has 0 N–H and O–H groups in total. The largest absolute Gasteiger partial charge is 0.457 e. The van der Waals surface area contributed by atoms with E-state index in [-0.39, 0.29) is 18.3 Å². The fourth-order valence-electron chi connectivity index (χ4n) is 1.84. The molecule has 1 saturated heterocycles. The molecule has 1 rings (SSSR count). The Hall–Kier alpha value is 0.465. The van der Waals surface area contributed by atoms with Gasteiger partial charge in [-0.05, 0) is 40.4 Å². The molecule has 0 aromatic carbocycles. The highest BCUT2D eigenvalue weighted by Gasteiger charge is 2.50. The third-order valence-corrected chi connectivity index (χ3v) is 4.19. The maximum atomic E-state index is 5.94. The first-order valence-corrected chi connectivity index (χ1v) is 7.43. The fourth-order valence-corrected chi connectivity index (χ4v) is 2.24. The average molecular weight is 291 g/mol. The van der Waals surface area contributed by atoms with Gasteiger partial charge in [-0.1, -0.05) is 35.2 Å². The minimum absolute atomic E-state index is 0.00558. The lowest BCUT2D eigenvalue weighted by Crippen LogP contribution is -2.41. The monoisotopic (exact) mass is 290 g/mol. The number of hydrogen-bond donors (Lipinski definition) is 0. The van der Waals surface area contributed by atoms with Gasteiger partial charge < -0.3 is 9.31 Å². The standard InChI is InChI=1S/C12H24BBrO2/c1-11(2)12(3,4)16-13(15-11)9-7-5-6-8-10-14/h5-10H2,1-4H3. The van der Waals surface area contributed by atoms with E-state index in [1.165, 1.54) is 25.7 Å². The summed E-state index contributed by atoms with van der Waals surface area (Å²) < 4.78 is 11.9. The van der Waals surface area contributed by atoms with Gasteiger partial charge in [-0.15, -0.1) is 0 Å². The van der Waals surface area contributed by atoms with Crippen molar-refractivity contribution >= 4 is 23.0 Å². The quantitative estimate of drug-likeness (QED) is 0.418. The van der Waals surface area contributed by atoms with Crippen molar-refractivity contribution in [3.8, 4) is 0 Å². The van der Waals surface area contributed by atoms with Crippen molar-refractivity contribution in [2.75, 3.05) is 5.33 Å². The Kier molecular flexibility index (Phi) is 5.34. The van der Waals surface area contributed by atoms with E-state index >= 15 is 0 Å². The zero-order valence-electron chi connectivity index (χ0n) is 11.0. The summed E-state index contributed by atoms with van der Waals surface area (Å²) in [5.41, 5.74) is -0.346. The van der Waals surface area contributed by atoms with Crippen LogP contribution in [-0.2, 0) is 9.31 Å². The molecule has 0 aliphatic carbocycles. The van der Waals surface area contributed by atoms with Gasteiger partial charge in [-0.25, -0.2) is 0 Å². The summed E-state index contributed by atoms with van der Waals surface area (Å²) in [6.45, 7) is 8.44. The van der Waals surface area contributed by atoms with Crippen LogP contribution >= 0.6 is 15.9 Å². The highest BCUT2D eigenvalue weighted by molar-refractivity contribution is 9.09. The Labute approximate surface area is 109 Å². The summed E-state index contributed by atoms with van der Waals surface area (Å²) >= 11 is 3.45. The molecule has 0 aromatic rings. The van der Waals surface area contributed by atoms with Crippen molar-refractivity contribution in [1.29, 1.82) is 0 Å². The Morgan fingerprint density at radius 1 is 0.875 bits per heavy atom. The van der Waals surface area contributed by atoms with Crippen LogP contribution in [0.5, 0.6) is 0 Å². The SMILES string of the molecule is CC1(C)OB(CCCCCCBr)OC1(C)C. The predicted octanol–water partition coefficient (Wildman–Crippen LogP) is 4.03. The zero-order chi connectivity index (χ0) is 12.2. The van der Waals surface area contributed by atoms with Gasteiger partial charge in [0, 0.05) is 5.33 Å². The van der Waals surface area contributed by atoms with Gasteiger partial charge in [0.15, 0.2) is 0 Å². The summed E-state index contributed by atoms with van der Waals surface area (Å²) in [6, 6.07) is 0. The van der Waals surface area contributed by atoms with Crippen molar-refractivity contribution in [1.82, 2.24) is 0 Å². The molecular formula is C12H24BBrO2. The summed E-state index contributed by atoms with van der Waals surface area (Å²) in [6.07, 6.45) is 6.06. The smallest absolute Gasteiger partial charge is 0.403 e. The minimum Gasteiger partial charge on any atom is -0.403 e. The first-order chi connectivity index (χ1) is 7.39. The molecule has 1 fully saturated rings. The van der Waals surface area contributed by atoms with Gasteiger partial charge in [0.1, 0.15) is 0 Å². The number of hydrogen-bond acceptors (Lipinski definition) is 2. The third-order valence-electron chi connectivity index (χ3n) is 3.63. The molecule has 4 heteroatoms. The molecule has 2 nitrogen and oxygen atoms in total. The summed E-state index contributed by atoms with van der Waals surface area (Å²) in [5.74, 6) is 0. The highest BCUT2D eigenvalue weighted by atomic mass is 79.9. The van der Waals surface area contributed by atoms with Crippen LogP contribution in [0.15, 0.2) is 0 Å². The van der Waals surface area contributed by atoms with Crippen LogP contribution in [-0.4, -0.2) is 23.7 Å². The van der Waals surface area contributed by atoms with Crippen molar-refractivity contribution < 1.29 is 9.31 Å². The van der Waals surface area contributed by atoms with Gasteiger partial charge >= 0.3 is 7.12 Å². The Morgan fingerprint density at radius 3 is 1.88 bits per heavy atom. The number of alkyl halides is 1. The molecule has 1 aliphatic heterocycles. The molecule has 0 unspecified atom stereocenters. The molecule has 0 saturated carbocycles. The normalized spacial score (nSPS) is 22.7. The lowest BCUT2D eigenvalue weighted by atomic mass is 9.82. The lowest BCUT2D eigenvalue weighted by Gasteiger charge is -2.32. The Morgan fingerprint density at radius 2 is 1.38 bits per heavy atom. The summed E-state index contributed by atoms with van der Waals surface area (Å²) in [4.78, 5) is 0. The van der Waals surface area contributed by atoms with Gasteiger partial charge in [0.05, 0.1) is 11.2 Å². The number of unbranched alkanes of at least 4 members (excludes halogenated alkanes) is 3. The van der Waals surface area contributed by atoms with E-state index in [0.29, 0.717) is 0 Å². The molecule has 16 heavy (non-hydrogen) atoms. The third kappa shape index (κ3) is 3.74. The number of rotatable bonds is 6. The van der Waals surface area contributed by atoms with Gasteiger partial charge in [0.2, 0.25) is 0 Å². The van der Waals surface area contributed by atoms with E-state index in [0.717, 1.165) is 11.7 Å². The maximum Gasteiger partial charge on any atom is 0.457 e. The summed E-state index contributed by atoms with van der Waals surface area (Å²) in [5, 5.41) is 1.11. The molecule has 0 aromatic heterocycles. The molecule has 1 heterocycles. The topological polar surface area (TPSA) is 18.5 Å². The maximum absolute atomic E-state index is 5.94. The van der Waals surface area contributed by atoms with Gasteiger partial charge in [-0.2, -0.15) is 0 Å². The molecule has 0 amide bonds. The van der Waals surface area contributed by atoms with Crippen molar-refractivity contribution in [2.24, 2.45) is 0 Å². The molecule has 94 valence electrons. The van der Waals surface area contributed by atoms with Crippen LogP contribution in [0.2, 0.25) is 6.32 Å². The van der Waals surface area contributed by atoms with Crippen LogP contribution in [0.3, 0.4) is 0 Å². The molecule has 0 bridgehead atoms. The fraction of sp³-hybridized carbons (Fsp3) is 1.00. The molecule has 0 atom stereocenters. The van der Waals surface area contributed by atoms with Crippen molar-refractivity contribution in [3.05, 3.63) is 0 Å². The second-order valence-corrected chi connectivity index (χ2v) is 6.37. The second kappa shape index (κ2) is 5.88. The molecule has 1 aliphatic rings. The van der Waals surface area contributed by atoms with Gasteiger partial charge in [-0.3, -0.25) is 0 Å². The summed E-state index contributed by atoms with van der Waals surface area (Å²) in [7, 11) is -0.00558. The first kappa shape index (κ1) is 14.5. The van der Waals surface area contributed by atoms with E-state index in [1.807, 2.05) is 0 Å². The van der Waals surface area contributed by atoms with Crippen LogP contribution in [0.25, 0.3) is 0 Å². The first-order valence-electron chi connectivity index (χ1n) is 6.31. The molecular weight excluding hydrogens is 267 g/mol. The highest BCUT2D eigenvalue weighted by Crippen LogP contribution is 2.38. The van der Waals surface area contributed by atoms with E-state index in [9.17, 15) is 0 Å². The van der Waals surface area contributed by atoms with E-state index in [4.69, 9.17) is 9.31 Å². The van der Waals surface area contributed by atoms with E-state index in [1.54, 1.807) is 0 Å². The van der Waals surface area contributed by atoms with Gasteiger partial charge in [0.25, 0.3) is 0 Å². The van der Waals surface area contributed by atoms with Crippen molar-refractivity contribution in [3.63, 3.8) is 0 Å². The second-order valence-electron chi connectivity index (χ2n) is 5.58. The van der Waals surface area contributed by atoms with Crippen molar-refractivity contribution in [2.45, 2.75) is 70.9 Å². The average Bonchev–Trinajstić information content (AvgIpc) is 2.35. The lowest BCUT2D eigenvalue weighted by molar-refractivity contribution is 0.00578. The van der Waals surface area contributed by atoms with Crippen LogP contribution < -0.4 is 0 Å². The van der Waals surface area contributed by atoms with Crippen LogP contribution in [0, 0.1) is 0 Å². The predicted molar refractivity (Wildman–Crippen MR) is 73.2 cm³/mol. The number of halogens is 1. The zero-order valence-corrected chi connectivity index (χ0v) is 12.6. The minimum atomic E-state index is -0.173. The van der Waals surface area contributed by atoms with E-state index < -0.39 is 0 Å². The Balaban J connectivity index is 2.21.